The van der Waals surface area contributed by atoms with E-state index in [-0.39, 0.29) is 17.9 Å². The van der Waals surface area contributed by atoms with E-state index in [4.69, 9.17) is 0 Å². The maximum Gasteiger partial charge on any atom is 0.224 e. The number of aryl methyl sites for hydroxylation is 1. The third-order valence-electron chi connectivity index (χ3n) is 7.76. The highest BCUT2D eigenvalue weighted by molar-refractivity contribution is 5.79. The van der Waals surface area contributed by atoms with E-state index < -0.39 is 6.10 Å². The van der Waals surface area contributed by atoms with E-state index in [9.17, 15) is 9.90 Å². The van der Waals surface area contributed by atoms with Gasteiger partial charge in [-0.2, -0.15) is 0 Å². The van der Waals surface area contributed by atoms with Gasteiger partial charge in [-0.05, 0) is 54.0 Å². The van der Waals surface area contributed by atoms with Crippen LogP contribution in [0.5, 0.6) is 0 Å². The lowest BCUT2D eigenvalue weighted by Crippen LogP contribution is -2.48. The van der Waals surface area contributed by atoms with E-state index in [1.165, 1.54) is 16.7 Å². The van der Waals surface area contributed by atoms with Crippen molar-refractivity contribution >= 4 is 5.91 Å². The molecule has 1 aliphatic carbocycles. The van der Waals surface area contributed by atoms with Gasteiger partial charge in [-0.15, -0.1) is 0 Å². The van der Waals surface area contributed by atoms with Crippen molar-refractivity contribution in [2.45, 2.75) is 44.4 Å². The standard InChI is InChI=1S/C31H38N4O2/c36-28(23-35-17-15-34(16-18-35)22-25-9-6-14-32-21-25)20-27(19-24-7-2-1-3-8-24)31(37)33-30-13-12-26-10-4-5-11-29(26)30/h1-11,14,21,27-28,30,36H,12-13,15-20,22-23H2,(H,33,37)/t27-,28+,30-/m1/s1. The van der Waals surface area contributed by atoms with Crippen molar-refractivity contribution in [3.63, 3.8) is 0 Å². The van der Waals surface area contributed by atoms with Gasteiger partial charge in [-0.3, -0.25) is 19.6 Å². The predicted molar refractivity (Wildman–Crippen MR) is 146 cm³/mol. The van der Waals surface area contributed by atoms with Crippen LogP contribution in [0, 0.1) is 5.92 Å². The van der Waals surface area contributed by atoms with Crippen molar-refractivity contribution in [3.8, 4) is 0 Å². The molecule has 3 atom stereocenters. The molecule has 1 aliphatic heterocycles. The summed E-state index contributed by atoms with van der Waals surface area (Å²) in [6.07, 6.45) is 6.23. The number of nitrogens with zero attached hydrogens (tertiary/aromatic N) is 3. The number of piperazine rings is 1. The Morgan fingerprint density at radius 3 is 2.46 bits per heavy atom. The van der Waals surface area contributed by atoms with Crippen LogP contribution >= 0.6 is 0 Å². The maximum atomic E-state index is 13.5. The summed E-state index contributed by atoms with van der Waals surface area (Å²) in [6.45, 7) is 5.30. The van der Waals surface area contributed by atoms with Crippen LogP contribution in [0.15, 0.2) is 79.1 Å². The number of β-amino-alcohol motifs (C(OH)–C–C–N with tert-alkyl or cyclic N) is 1. The Labute approximate surface area is 220 Å². The van der Waals surface area contributed by atoms with Gasteiger partial charge in [0.2, 0.25) is 5.91 Å². The van der Waals surface area contributed by atoms with Gasteiger partial charge in [0.25, 0.3) is 0 Å². The third kappa shape index (κ3) is 7.04. The van der Waals surface area contributed by atoms with E-state index in [1.807, 2.05) is 36.5 Å². The fraction of sp³-hybridized carbons (Fsp3) is 0.419. The zero-order valence-corrected chi connectivity index (χ0v) is 21.5. The average molecular weight is 499 g/mol. The third-order valence-corrected chi connectivity index (χ3v) is 7.76. The minimum Gasteiger partial charge on any atom is -0.392 e. The molecule has 1 amide bonds. The number of amides is 1. The Morgan fingerprint density at radius 1 is 0.946 bits per heavy atom. The summed E-state index contributed by atoms with van der Waals surface area (Å²) in [7, 11) is 0. The Morgan fingerprint density at radius 2 is 1.68 bits per heavy atom. The van der Waals surface area contributed by atoms with Gasteiger partial charge in [0.1, 0.15) is 0 Å². The van der Waals surface area contributed by atoms with Crippen molar-refractivity contribution in [3.05, 3.63) is 101 Å². The van der Waals surface area contributed by atoms with Crippen molar-refractivity contribution < 1.29 is 9.90 Å². The van der Waals surface area contributed by atoms with Crippen molar-refractivity contribution in [2.75, 3.05) is 32.7 Å². The molecule has 2 aliphatic rings. The van der Waals surface area contributed by atoms with Gasteiger partial charge in [0.15, 0.2) is 0 Å². The first kappa shape index (κ1) is 25.6. The SMILES string of the molecule is O=C(N[C@@H]1CCc2ccccc21)[C@H](Cc1ccccc1)C[C@H](O)CN1CCN(Cc2cccnc2)CC1. The first-order valence-corrected chi connectivity index (χ1v) is 13.6. The molecule has 1 saturated heterocycles. The number of hydrogen-bond acceptors (Lipinski definition) is 5. The Balaban J connectivity index is 1.16. The molecule has 0 bridgehead atoms. The first-order valence-electron chi connectivity index (χ1n) is 13.6. The van der Waals surface area contributed by atoms with E-state index in [2.05, 4.69) is 56.5 Å². The molecular formula is C31H38N4O2. The summed E-state index contributed by atoms with van der Waals surface area (Å²) in [6, 6.07) is 22.7. The molecule has 1 fully saturated rings. The molecule has 2 N–H and O–H groups in total. The zero-order valence-electron chi connectivity index (χ0n) is 21.5. The number of fused-ring (bicyclic) bond motifs is 1. The van der Waals surface area contributed by atoms with Gasteiger partial charge < -0.3 is 10.4 Å². The fourth-order valence-electron chi connectivity index (χ4n) is 5.76. The van der Waals surface area contributed by atoms with Gasteiger partial charge in [0.05, 0.1) is 12.1 Å². The summed E-state index contributed by atoms with van der Waals surface area (Å²) in [5.74, 6) is -0.220. The smallest absolute Gasteiger partial charge is 0.224 e. The molecule has 2 heterocycles. The minimum absolute atomic E-state index is 0.0471. The lowest BCUT2D eigenvalue weighted by Gasteiger charge is -2.36. The number of benzene rings is 2. The Kier molecular flexibility index (Phi) is 8.61. The van der Waals surface area contributed by atoms with Gasteiger partial charge in [0, 0.05) is 57.6 Å². The second kappa shape index (κ2) is 12.5. The van der Waals surface area contributed by atoms with Crippen LogP contribution in [-0.4, -0.2) is 64.6 Å². The van der Waals surface area contributed by atoms with Crippen molar-refractivity contribution in [2.24, 2.45) is 5.92 Å². The van der Waals surface area contributed by atoms with E-state index >= 15 is 0 Å². The summed E-state index contributed by atoms with van der Waals surface area (Å²) in [5, 5.41) is 14.4. The average Bonchev–Trinajstić information content (AvgIpc) is 3.33. The first-order chi connectivity index (χ1) is 18.1. The quantitative estimate of drug-likeness (QED) is 0.447. The van der Waals surface area contributed by atoms with E-state index in [0.29, 0.717) is 19.4 Å². The molecule has 0 saturated carbocycles. The molecule has 5 rings (SSSR count). The molecule has 194 valence electrons. The van der Waals surface area contributed by atoms with Crippen molar-refractivity contribution in [1.29, 1.82) is 0 Å². The molecule has 37 heavy (non-hydrogen) atoms. The summed E-state index contributed by atoms with van der Waals surface area (Å²) < 4.78 is 0. The van der Waals surface area contributed by atoms with Crippen molar-refractivity contribution in [1.82, 2.24) is 20.1 Å². The van der Waals surface area contributed by atoms with Crippen LogP contribution in [0.25, 0.3) is 0 Å². The minimum atomic E-state index is -0.541. The molecule has 3 aromatic rings. The van der Waals surface area contributed by atoms with Crippen LogP contribution in [-0.2, 0) is 24.2 Å². The molecule has 6 nitrogen and oxygen atoms in total. The van der Waals surface area contributed by atoms with E-state index in [1.54, 1.807) is 6.20 Å². The summed E-state index contributed by atoms with van der Waals surface area (Å²) >= 11 is 0. The lowest BCUT2D eigenvalue weighted by atomic mass is 9.92. The fourth-order valence-corrected chi connectivity index (χ4v) is 5.76. The summed E-state index contributed by atoms with van der Waals surface area (Å²) in [5.41, 5.74) is 4.93. The molecule has 0 radical (unpaired) electrons. The van der Waals surface area contributed by atoms with Gasteiger partial charge in [-0.25, -0.2) is 0 Å². The number of carbonyl (C=O) groups excluding carboxylic acids is 1. The number of hydrogen-bond donors (Lipinski definition) is 2. The number of aliphatic hydroxyl groups is 1. The van der Waals surface area contributed by atoms with Crippen LogP contribution in [0.1, 0.15) is 41.1 Å². The van der Waals surface area contributed by atoms with Crippen LogP contribution in [0.3, 0.4) is 0 Å². The second-order valence-electron chi connectivity index (χ2n) is 10.5. The largest absolute Gasteiger partial charge is 0.392 e. The Bertz CT molecular complexity index is 1130. The maximum absolute atomic E-state index is 13.5. The summed E-state index contributed by atoms with van der Waals surface area (Å²) in [4.78, 5) is 22.5. The number of rotatable bonds is 10. The number of aliphatic hydroxyl groups excluding tert-OH is 1. The lowest BCUT2D eigenvalue weighted by molar-refractivity contribution is -0.127. The zero-order chi connectivity index (χ0) is 25.5. The monoisotopic (exact) mass is 498 g/mol. The highest BCUT2D eigenvalue weighted by Crippen LogP contribution is 2.31. The number of carbonyl (C=O) groups is 1. The predicted octanol–water partition coefficient (Wildman–Crippen LogP) is 3.61. The Hall–Kier alpha value is -3.06. The molecule has 2 aromatic carbocycles. The molecule has 1 aromatic heterocycles. The highest BCUT2D eigenvalue weighted by atomic mass is 16.3. The molecular weight excluding hydrogens is 460 g/mol. The molecule has 0 spiro atoms. The molecule has 0 unspecified atom stereocenters. The number of aromatic nitrogens is 1. The number of pyridine rings is 1. The van der Waals surface area contributed by atoms with Gasteiger partial charge in [-0.1, -0.05) is 60.7 Å². The highest BCUT2D eigenvalue weighted by Gasteiger charge is 2.29. The van der Waals surface area contributed by atoms with Gasteiger partial charge >= 0.3 is 0 Å². The van der Waals surface area contributed by atoms with E-state index in [0.717, 1.165) is 51.1 Å². The van der Waals surface area contributed by atoms with Crippen LogP contribution in [0.2, 0.25) is 0 Å². The van der Waals surface area contributed by atoms with Crippen LogP contribution < -0.4 is 5.32 Å². The second-order valence-corrected chi connectivity index (χ2v) is 10.5. The topological polar surface area (TPSA) is 68.7 Å². The normalized spacial score (nSPS) is 19.8. The number of nitrogens with one attached hydrogen (secondary N) is 1. The molecule has 6 heteroatoms. The van der Waals surface area contributed by atoms with Crippen LogP contribution in [0.4, 0.5) is 0 Å².